The van der Waals surface area contributed by atoms with Gasteiger partial charge in [0.2, 0.25) is 0 Å². The summed E-state index contributed by atoms with van der Waals surface area (Å²) < 4.78 is 2.11. The maximum atomic E-state index is 6.04. The van der Waals surface area contributed by atoms with E-state index in [9.17, 15) is 0 Å². The highest BCUT2D eigenvalue weighted by atomic mass is 35.5. The van der Waals surface area contributed by atoms with Crippen LogP contribution in [0.15, 0.2) is 43.0 Å². The van der Waals surface area contributed by atoms with E-state index in [0.717, 1.165) is 24.5 Å². The first-order valence-corrected chi connectivity index (χ1v) is 6.96. The Hall–Kier alpha value is -1.32. The van der Waals surface area contributed by atoms with Gasteiger partial charge >= 0.3 is 0 Å². The van der Waals surface area contributed by atoms with Crippen molar-refractivity contribution in [2.75, 3.05) is 13.6 Å². The number of aryl methyl sites for hydroxylation is 1. The predicted octanol–water partition coefficient (Wildman–Crippen LogP) is 3.62. The van der Waals surface area contributed by atoms with E-state index < -0.39 is 0 Å². The first-order chi connectivity index (χ1) is 9.16. The molecule has 19 heavy (non-hydrogen) atoms. The highest BCUT2D eigenvalue weighted by Crippen LogP contribution is 2.21. The van der Waals surface area contributed by atoms with Crippen molar-refractivity contribution in [2.45, 2.75) is 25.9 Å². The minimum absolute atomic E-state index is 0.376. The summed E-state index contributed by atoms with van der Waals surface area (Å²) >= 11 is 6.04. The Morgan fingerprint density at radius 3 is 2.95 bits per heavy atom. The monoisotopic (exact) mass is 277 g/mol. The molecule has 0 saturated carbocycles. The van der Waals surface area contributed by atoms with E-state index in [2.05, 4.69) is 34.5 Å². The molecule has 0 fully saturated rings. The predicted molar refractivity (Wildman–Crippen MR) is 79.3 cm³/mol. The summed E-state index contributed by atoms with van der Waals surface area (Å²) in [4.78, 5) is 6.40. The summed E-state index contributed by atoms with van der Waals surface area (Å²) in [5.41, 5.74) is 1.26. The molecule has 0 saturated heterocycles. The van der Waals surface area contributed by atoms with Crippen molar-refractivity contribution in [1.82, 2.24) is 14.5 Å². The quantitative estimate of drug-likeness (QED) is 0.804. The molecule has 3 nitrogen and oxygen atoms in total. The SMILES string of the molecule is CC(c1cccc(Cl)c1)N(C)CCCn1ccnc1. The minimum Gasteiger partial charge on any atom is -0.337 e. The molecule has 0 aliphatic carbocycles. The summed E-state index contributed by atoms with van der Waals surface area (Å²) in [5.74, 6) is 0. The lowest BCUT2D eigenvalue weighted by Crippen LogP contribution is -2.24. The average Bonchev–Trinajstić information content (AvgIpc) is 2.91. The number of hydrogen-bond acceptors (Lipinski definition) is 2. The van der Waals surface area contributed by atoms with Crippen molar-refractivity contribution in [2.24, 2.45) is 0 Å². The van der Waals surface area contributed by atoms with Crippen LogP contribution in [0.3, 0.4) is 0 Å². The second-order valence-corrected chi connectivity index (χ2v) is 5.30. The van der Waals surface area contributed by atoms with Gasteiger partial charge in [-0.05, 0) is 38.1 Å². The summed E-state index contributed by atoms with van der Waals surface area (Å²) in [6.07, 6.45) is 6.79. The van der Waals surface area contributed by atoms with Crippen molar-refractivity contribution < 1.29 is 0 Å². The van der Waals surface area contributed by atoms with Crippen LogP contribution in [0.1, 0.15) is 24.9 Å². The lowest BCUT2D eigenvalue weighted by molar-refractivity contribution is 0.253. The van der Waals surface area contributed by atoms with Gasteiger partial charge in [-0.3, -0.25) is 4.90 Å². The Bertz CT molecular complexity index is 496. The molecular formula is C15H20ClN3. The van der Waals surface area contributed by atoms with Crippen molar-refractivity contribution in [3.05, 3.63) is 53.6 Å². The molecule has 1 heterocycles. The molecule has 4 heteroatoms. The Morgan fingerprint density at radius 1 is 1.42 bits per heavy atom. The zero-order chi connectivity index (χ0) is 13.7. The largest absolute Gasteiger partial charge is 0.337 e. The molecule has 0 amide bonds. The van der Waals surface area contributed by atoms with E-state index in [0.29, 0.717) is 6.04 Å². The Kier molecular flexibility index (Phi) is 5.00. The molecule has 102 valence electrons. The molecule has 1 unspecified atom stereocenters. The van der Waals surface area contributed by atoms with Gasteiger partial charge in [-0.2, -0.15) is 0 Å². The number of aromatic nitrogens is 2. The fraction of sp³-hybridized carbons (Fsp3) is 0.400. The number of imidazole rings is 1. The van der Waals surface area contributed by atoms with Crippen LogP contribution in [0, 0.1) is 0 Å². The second-order valence-electron chi connectivity index (χ2n) is 4.87. The highest BCUT2D eigenvalue weighted by Gasteiger charge is 2.11. The molecule has 1 atom stereocenters. The van der Waals surface area contributed by atoms with Gasteiger partial charge in [0.15, 0.2) is 0 Å². The summed E-state index contributed by atoms with van der Waals surface area (Å²) in [7, 11) is 2.15. The molecular weight excluding hydrogens is 258 g/mol. The van der Waals surface area contributed by atoms with Crippen molar-refractivity contribution >= 4 is 11.6 Å². The topological polar surface area (TPSA) is 21.1 Å². The third-order valence-electron chi connectivity index (χ3n) is 3.48. The molecule has 1 aromatic heterocycles. The number of rotatable bonds is 6. The van der Waals surface area contributed by atoms with E-state index in [-0.39, 0.29) is 0 Å². The standard InChI is InChI=1S/C15H20ClN3/c1-13(14-5-3-6-15(16)11-14)18(2)8-4-9-19-10-7-17-12-19/h3,5-7,10-13H,4,8-9H2,1-2H3. The van der Waals surface area contributed by atoms with Crippen LogP contribution in [0.25, 0.3) is 0 Å². The maximum absolute atomic E-state index is 6.04. The molecule has 2 aromatic rings. The van der Waals surface area contributed by atoms with Gasteiger partial charge < -0.3 is 4.57 Å². The van der Waals surface area contributed by atoms with Gasteiger partial charge in [-0.25, -0.2) is 4.98 Å². The molecule has 0 spiro atoms. The lowest BCUT2D eigenvalue weighted by atomic mass is 10.1. The fourth-order valence-corrected chi connectivity index (χ4v) is 2.33. The van der Waals surface area contributed by atoms with Crippen LogP contribution in [0.5, 0.6) is 0 Å². The molecule has 0 bridgehead atoms. The molecule has 2 rings (SSSR count). The molecule has 0 aliphatic heterocycles. The zero-order valence-electron chi connectivity index (χ0n) is 11.5. The average molecular weight is 278 g/mol. The van der Waals surface area contributed by atoms with E-state index in [1.54, 1.807) is 0 Å². The van der Waals surface area contributed by atoms with E-state index in [4.69, 9.17) is 11.6 Å². The first-order valence-electron chi connectivity index (χ1n) is 6.58. The van der Waals surface area contributed by atoms with Gasteiger partial charge in [0.1, 0.15) is 0 Å². The highest BCUT2D eigenvalue weighted by molar-refractivity contribution is 6.30. The van der Waals surface area contributed by atoms with Crippen LogP contribution >= 0.6 is 11.6 Å². The van der Waals surface area contributed by atoms with Crippen LogP contribution in [0.2, 0.25) is 5.02 Å². The number of nitrogens with zero attached hydrogens (tertiary/aromatic N) is 3. The van der Waals surface area contributed by atoms with Crippen LogP contribution < -0.4 is 0 Å². The first kappa shape index (κ1) is 14.1. The van der Waals surface area contributed by atoms with Gasteiger partial charge in [0, 0.05) is 36.5 Å². The third-order valence-corrected chi connectivity index (χ3v) is 3.71. The zero-order valence-corrected chi connectivity index (χ0v) is 12.2. The smallest absolute Gasteiger partial charge is 0.0945 e. The van der Waals surface area contributed by atoms with E-state index in [1.807, 2.05) is 36.9 Å². The Morgan fingerprint density at radius 2 is 2.26 bits per heavy atom. The molecule has 0 N–H and O–H groups in total. The van der Waals surface area contributed by atoms with Crippen molar-refractivity contribution in [3.8, 4) is 0 Å². The van der Waals surface area contributed by atoms with E-state index >= 15 is 0 Å². The van der Waals surface area contributed by atoms with Crippen LogP contribution in [-0.2, 0) is 6.54 Å². The fourth-order valence-electron chi connectivity index (χ4n) is 2.14. The number of hydrogen-bond donors (Lipinski definition) is 0. The van der Waals surface area contributed by atoms with E-state index in [1.165, 1.54) is 5.56 Å². The maximum Gasteiger partial charge on any atom is 0.0945 e. The van der Waals surface area contributed by atoms with Gasteiger partial charge in [-0.15, -0.1) is 0 Å². The summed E-state index contributed by atoms with van der Waals surface area (Å²) in [5, 5.41) is 0.802. The normalized spacial score (nSPS) is 12.8. The minimum atomic E-state index is 0.376. The van der Waals surface area contributed by atoms with Gasteiger partial charge in [0.05, 0.1) is 6.33 Å². The number of benzene rings is 1. The Labute approximate surface area is 119 Å². The lowest BCUT2D eigenvalue weighted by Gasteiger charge is -2.25. The summed E-state index contributed by atoms with van der Waals surface area (Å²) in [6.45, 7) is 4.27. The van der Waals surface area contributed by atoms with Crippen LogP contribution in [0.4, 0.5) is 0 Å². The number of halogens is 1. The molecule has 1 aromatic carbocycles. The third kappa shape index (κ3) is 4.08. The van der Waals surface area contributed by atoms with Crippen molar-refractivity contribution in [1.29, 1.82) is 0 Å². The van der Waals surface area contributed by atoms with Crippen LogP contribution in [-0.4, -0.2) is 28.0 Å². The molecule has 0 radical (unpaired) electrons. The molecule has 0 aliphatic rings. The Balaban J connectivity index is 1.83. The summed E-state index contributed by atoms with van der Waals surface area (Å²) in [6, 6.07) is 8.47. The second kappa shape index (κ2) is 6.73. The van der Waals surface area contributed by atoms with Crippen molar-refractivity contribution in [3.63, 3.8) is 0 Å². The van der Waals surface area contributed by atoms with Gasteiger partial charge in [0.25, 0.3) is 0 Å². The van der Waals surface area contributed by atoms with Gasteiger partial charge in [-0.1, -0.05) is 23.7 Å².